The zero-order chi connectivity index (χ0) is 18.7. The molecule has 0 aliphatic carbocycles. The van der Waals surface area contributed by atoms with Crippen molar-refractivity contribution in [2.75, 3.05) is 7.11 Å². The van der Waals surface area contributed by atoms with Crippen molar-refractivity contribution in [3.05, 3.63) is 81.3 Å². The highest BCUT2D eigenvalue weighted by Crippen LogP contribution is 2.26. The fourth-order valence-corrected chi connectivity index (χ4v) is 3.19. The molecule has 0 saturated carbocycles. The average molecular weight is 435 g/mol. The molecule has 1 amide bonds. The molecule has 1 aromatic heterocycles. The molecule has 1 N–H and O–H groups in total. The van der Waals surface area contributed by atoms with E-state index in [4.69, 9.17) is 16.3 Å². The van der Waals surface area contributed by atoms with E-state index in [0.717, 1.165) is 21.6 Å². The van der Waals surface area contributed by atoms with Crippen LogP contribution in [0.3, 0.4) is 0 Å². The van der Waals surface area contributed by atoms with Gasteiger partial charge in [-0.05, 0) is 35.9 Å². The first kappa shape index (κ1) is 18.5. The lowest BCUT2D eigenvalue weighted by Crippen LogP contribution is -2.31. The van der Waals surface area contributed by atoms with E-state index < -0.39 is 6.04 Å². The summed E-state index contributed by atoms with van der Waals surface area (Å²) >= 11 is 9.57. The van der Waals surface area contributed by atoms with Crippen molar-refractivity contribution in [3.8, 4) is 5.75 Å². The minimum Gasteiger partial charge on any atom is -0.497 e. The predicted molar refractivity (Wildman–Crippen MR) is 105 cm³/mol. The minimum atomic E-state index is -0.427. The lowest BCUT2D eigenvalue weighted by atomic mass is 10.0. The van der Waals surface area contributed by atoms with E-state index in [0.29, 0.717) is 10.6 Å². The number of hydrogen-bond donors (Lipinski definition) is 1. The Hall–Kier alpha value is -2.31. The van der Waals surface area contributed by atoms with E-state index in [1.807, 2.05) is 42.1 Å². The topological polar surface area (TPSA) is 56.1 Å². The number of amides is 1. The third-order valence-electron chi connectivity index (χ3n) is 4.01. The molecule has 1 unspecified atom stereocenters. The van der Waals surface area contributed by atoms with Gasteiger partial charge in [-0.15, -0.1) is 0 Å². The van der Waals surface area contributed by atoms with Crippen molar-refractivity contribution >= 4 is 33.4 Å². The van der Waals surface area contributed by atoms with E-state index >= 15 is 0 Å². The molecule has 0 radical (unpaired) electrons. The third-order valence-corrected chi connectivity index (χ3v) is 4.84. The fourth-order valence-electron chi connectivity index (χ4n) is 2.63. The molecule has 1 heterocycles. The van der Waals surface area contributed by atoms with Gasteiger partial charge in [0.15, 0.2) is 0 Å². The van der Waals surface area contributed by atoms with Gasteiger partial charge in [-0.3, -0.25) is 4.79 Å². The number of aryl methyl sites for hydroxylation is 1. The van der Waals surface area contributed by atoms with Crippen LogP contribution in [0, 0.1) is 0 Å². The van der Waals surface area contributed by atoms with Crippen LogP contribution in [-0.4, -0.2) is 22.6 Å². The fraction of sp³-hybridized carbons (Fsp3) is 0.158. The monoisotopic (exact) mass is 433 g/mol. The second-order valence-corrected chi connectivity index (χ2v) is 7.02. The van der Waals surface area contributed by atoms with E-state index in [1.165, 1.54) is 0 Å². The summed E-state index contributed by atoms with van der Waals surface area (Å²) < 4.78 is 7.87. The molecular weight excluding hydrogens is 418 g/mol. The summed E-state index contributed by atoms with van der Waals surface area (Å²) in [5, 5.41) is 3.42. The Morgan fingerprint density at radius 1 is 1.27 bits per heavy atom. The second-order valence-electron chi connectivity index (χ2n) is 5.70. The number of aromatic nitrogens is 2. The van der Waals surface area contributed by atoms with Gasteiger partial charge in [-0.1, -0.05) is 39.7 Å². The molecule has 0 saturated heterocycles. The number of benzene rings is 2. The van der Waals surface area contributed by atoms with Crippen molar-refractivity contribution in [1.82, 2.24) is 14.9 Å². The normalized spacial score (nSPS) is 11.8. The van der Waals surface area contributed by atoms with Crippen LogP contribution >= 0.6 is 27.5 Å². The Morgan fingerprint density at radius 2 is 2.00 bits per heavy atom. The molecule has 26 heavy (non-hydrogen) atoms. The highest BCUT2D eigenvalue weighted by atomic mass is 79.9. The Morgan fingerprint density at radius 3 is 2.62 bits per heavy atom. The number of halogens is 2. The quantitative estimate of drug-likeness (QED) is 0.649. The second kappa shape index (κ2) is 7.93. The first-order chi connectivity index (χ1) is 12.5. The maximum atomic E-state index is 12.9. The van der Waals surface area contributed by atoms with Crippen molar-refractivity contribution in [2.24, 2.45) is 7.05 Å². The molecule has 7 heteroatoms. The van der Waals surface area contributed by atoms with Crippen LogP contribution in [-0.2, 0) is 7.05 Å². The summed E-state index contributed by atoms with van der Waals surface area (Å²) in [7, 11) is 3.50. The van der Waals surface area contributed by atoms with Crippen LogP contribution < -0.4 is 10.1 Å². The van der Waals surface area contributed by atoms with Gasteiger partial charge in [0.1, 0.15) is 17.6 Å². The summed E-state index contributed by atoms with van der Waals surface area (Å²) in [5.41, 5.74) is 1.29. The molecule has 0 aliphatic rings. The number of carbonyl (C=O) groups excluding carboxylic acids is 1. The number of ether oxygens (including phenoxy) is 1. The predicted octanol–water partition coefficient (Wildman–Crippen LogP) is 4.36. The largest absolute Gasteiger partial charge is 0.497 e. The lowest BCUT2D eigenvalue weighted by molar-refractivity contribution is 0.0941. The zero-order valence-corrected chi connectivity index (χ0v) is 16.6. The Bertz CT molecular complexity index is 925. The summed E-state index contributed by atoms with van der Waals surface area (Å²) in [5.74, 6) is 1.18. The first-order valence-corrected chi connectivity index (χ1v) is 9.04. The van der Waals surface area contributed by atoms with Crippen molar-refractivity contribution in [1.29, 1.82) is 0 Å². The minimum absolute atomic E-state index is 0.278. The smallest absolute Gasteiger partial charge is 0.253 e. The standard InChI is InChI=1S/C19H17BrClN3O2/c1-24-10-9-22-18(24)17(12-3-6-14(26-2)7-4-12)23-19(25)15-11-13(20)5-8-16(15)21/h3-11,17H,1-2H3,(H,23,25). The van der Waals surface area contributed by atoms with E-state index in [2.05, 4.69) is 26.2 Å². The summed E-state index contributed by atoms with van der Waals surface area (Å²) in [4.78, 5) is 17.2. The molecule has 5 nitrogen and oxygen atoms in total. The van der Waals surface area contributed by atoms with Gasteiger partial charge in [0.05, 0.1) is 17.7 Å². The van der Waals surface area contributed by atoms with Crippen molar-refractivity contribution in [3.63, 3.8) is 0 Å². The number of hydrogen-bond acceptors (Lipinski definition) is 3. The van der Waals surface area contributed by atoms with E-state index in [-0.39, 0.29) is 5.91 Å². The molecule has 0 aliphatic heterocycles. The molecule has 0 bridgehead atoms. The Kier molecular flexibility index (Phi) is 5.64. The van der Waals surface area contributed by atoms with Gasteiger partial charge in [-0.25, -0.2) is 4.98 Å². The third kappa shape index (κ3) is 3.92. The highest BCUT2D eigenvalue weighted by Gasteiger charge is 2.22. The van der Waals surface area contributed by atoms with Crippen molar-refractivity contribution in [2.45, 2.75) is 6.04 Å². The molecule has 0 spiro atoms. The number of nitrogens with zero attached hydrogens (tertiary/aromatic N) is 2. The molecule has 3 rings (SSSR count). The molecular formula is C19H17BrClN3O2. The van der Waals surface area contributed by atoms with Crippen LogP contribution in [0.4, 0.5) is 0 Å². The van der Waals surface area contributed by atoms with E-state index in [9.17, 15) is 4.79 Å². The number of methoxy groups -OCH3 is 1. The average Bonchev–Trinajstić information content (AvgIpc) is 3.07. The van der Waals surface area contributed by atoms with Crippen LogP contribution in [0.5, 0.6) is 5.75 Å². The molecule has 3 aromatic rings. The van der Waals surface area contributed by atoms with Crippen molar-refractivity contribution < 1.29 is 9.53 Å². The van der Waals surface area contributed by atoms with Gasteiger partial charge < -0.3 is 14.6 Å². The molecule has 1 atom stereocenters. The van der Waals surface area contributed by atoms with E-state index in [1.54, 1.807) is 31.5 Å². The number of rotatable bonds is 5. The lowest BCUT2D eigenvalue weighted by Gasteiger charge is -2.20. The van der Waals surface area contributed by atoms with Gasteiger partial charge in [0, 0.05) is 23.9 Å². The van der Waals surface area contributed by atoms with Crippen LogP contribution in [0.25, 0.3) is 0 Å². The molecule has 2 aromatic carbocycles. The maximum Gasteiger partial charge on any atom is 0.253 e. The van der Waals surface area contributed by atoms with Crippen LogP contribution in [0.15, 0.2) is 59.3 Å². The summed E-state index contributed by atoms with van der Waals surface area (Å²) in [6.45, 7) is 0. The van der Waals surface area contributed by atoms with Gasteiger partial charge >= 0.3 is 0 Å². The molecule has 0 fully saturated rings. The van der Waals surface area contributed by atoms with Crippen LogP contribution in [0.2, 0.25) is 5.02 Å². The Labute approximate surface area is 165 Å². The first-order valence-electron chi connectivity index (χ1n) is 7.86. The zero-order valence-electron chi connectivity index (χ0n) is 14.2. The van der Waals surface area contributed by atoms with Gasteiger partial charge in [0.2, 0.25) is 0 Å². The maximum absolute atomic E-state index is 12.9. The highest BCUT2D eigenvalue weighted by molar-refractivity contribution is 9.10. The summed E-state index contributed by atoms with van der Waals surface area (Å²) in [6, 6.07) is 12.3. The van der Waals surface area contributed by atoms with Gasteiger partial charge in [0.25, 0.3) is 5.91 Å². The summed E-state index contributed by atoms with van der Waals surface area (Å²) in [6.07, 6.45) is 3.54. The van der Waals surface area contributed by atoms with Gasteiger partial charge in [-0.2, -0.15) is 0 Å². The number of nitrogens with one attached hydrogen (secondary N) is 1. The Balaban J connectivity index is 1.97. The molecule has 134 valence electrons. The SMILES string of the molecule is COc1ccc(C(NC(=O)c2cc(Br)ccc2Cl)c2nccn2C)cc1. The van der Waals surface area contributed by atoms with Crippen LogP contribution in [0.1, 0.15) is 27.8 Å². The number of imidazole rings is 1. The number of carbonyl (C=O) groups is 1.